The zero-order chi connectivity index (χ0) is 16.8. The van der Waals surface area contributed by atoms with Crippen LogP contribution in [0.2, 0.25) is 0 Å². The van der Waals surface area contributed by atoms with Gasteiger partial charge in [0.1, 0.15) is 10.8 Å². The third-order valence-corrected chi connectivity index (χ3v) is 4.13. The normalized spacial score (nSPS) is 10.7. The number of halogens is 1. The van der Waals surface area contributed by atoms with Crippen molar-refractivity contribution in [2.24, 2.45) is 5.73 Å². The number of amides is 2. The van der Waals surface area contributed by atoms with Gasteiger partial charge in [-0.05, 0) is 24.6 Å². The molecule has 2 rings (SSSR count). The number of nitrogens with two attached hydrogens (primary N) is 1. The molecular weight excluding hydrogens is 317 g/mol. The molecule has 0 spiro atoms. The van der Waals surface area contributed by atoms with Crippen molar-refractivity contribution in [3.8, 4) is 0 Å². The fraction of sp³-hybridized carbons (Fsp3) is 0.250. The Morgan fingerprint density at radius 1 is 1.30 bits per heavy atom. The third-order valence-electron chi connectivity index (χ3n) is 3.30. The van der Waals surface area contributed by atoms with Crippen LogP contribution in [-0.2, 0) is 11.3 Å². The van der Waals surface area contributed by atoms with E-state index in [0.29, 0.717) is 29.2 Å². The van der Waals surface area contributed by atoms with E-state index in [0.717, 1.165) is 0 Å². The van der Waals surface area contributed by atoms with Gasteiger partial charge in [-0.25, -0.2) is 4.39 Å². The van der Waals surface area contributed by atoms with Crippen LogP contribution in [0.25, 0.3) is 0 Å². The SMILES string of the molecule is CN(CCC(=O)Nc1sccc1C(N)=O)Cc1ccccc1F. The first-order chi connectivity index (χ1) is 11.0. The molecule has 5 nitrogen and oxygen atoms in total. The van der Waals surface area contributed by atoms with Crippen LogP contribution in [-0.4, -0.2) is 30.3 Å². The Bertz CT molecular complexity index is 702. The summed E-state index contributed by atoms with van der Waals surface area (Å²) in [6.07, 6.45) is 0.237. The highest BCUT2D eigenvalue weighted by atomic mass is 32.1. The number of thiophene rings is 1. The summed E-state index contributed by atoms with van der Waals surface area (Å²) in [5.74, 6) is -1.04. The summed E-state index contributed by atoms with van der Waals surface area (Å²) in [5.41, 5.74) is 6.13. The molecule has 0 saturated carbocycles. The first-order valence-electron chi connectivity index (χ1n) is 7.06. The van der Waals surface area contributed by atoms with E-state index in [1.54, 1.807) is 29.6 Å². The predicted octanol–water partition coefficient (Wildman–Crippen LogP) is 2.45. The molecule has 0 aliphatic heterocycles. The summed E-state index contributed by atoms with van der Waals surface area (Å²) in [6, 6.07) is 8.13. The Morgan fingerprint density at radius 2 is 2.04 bits per heavy atom. The second-order valence-electron chi connectivity index (χ2n) is 5.16. The number of nitrogens with one attached hydrogen (secondary N) is 1. The van der Waals surface area contributed by atoms with E-state index in [4.69, 9.17) is 5.73 Å². The summed E-state index contributed by atoms with van der Waals surface area (Å²) >= 11 is 1.25. The van der Waals surface area contributed by atoms with Gasteiger partial charge in [-0.1, -0.05) is 18.2 Å². The average molecular weight is 335 g/mol. The lowest BCUT2D eigenvalue weighted by Gasteiger charge is -2.16. The minimum absolute atomic E-state index is 0.213. The van der Waals surface area contributed by atoms with Crippen molar-refractivity contribution in [1.82, 2.24) is 4.90 Å². The van der Waals surface area contributed by atoms with Gasteiger partial charge in [0, 0.05) is 25.1 Å². The van der Waals surface area contributed by atoms with E-state index >= 15 is 0 Å². The fourth-order valence-corrected chi connectivity index (χ4v) is 2.89. The average Bonchev–Trinajstić information content (AvgIpc) is 2.96. The van der Waals surface area contributed by atoms with Crippen molar-refractivity contribution in [3.05, 3.63) is 52.7 Å². The number of hydrogen-bond acceptors (Lipinski definition) is 4. The fourth-order valence-electron chi connectivity index (χ4n) is 2.08. The molecule has 2 amide bonds. The van der Waals surface area contributed by atoms with Crippen molar-refractivity contribution in [3.63, 3.8) is 0 Å². The van der Waals surface area contributed by atoms with Crippen LogP contribution in [0.5, 0.6) is 0 Å². The maximum Gasteiger partial charge on any atom is 0.251 e. The van der Waals surface area contributed by atoms with Crippen LogP contribution >= 0.6 is 11.3 Å². The Kier molecular flexibility index (Phi) is 5.84. The van der Waals surface area contributed by atoms with Gasteiger partial charge in [0.15, 0.2) is 0 Å². The van der Waals surface area contributed by atoms with Crippen molar-refractivity contribution in [2.75, 3.05) is 18.9 Å². The van der Waals surface area contributed by atoms with Crippen molar-refractivity contribution < 1.29 is 14.0 Å². The van der Waals surface area contributed by atoms with E-state index in [-0.39, 0.29) is 18.1 Å². The molecule has 7 heteroatoms. The molecule has 0 saturated heterocycles. The van der Waals surface area contributed by atoms with Crippen LogP contribution in [0.15, 0.2) is 35.7 Å². The second kappa shape index (κ2) is 7.85. The zero-order valence-electron chi connectivity index (χ0n) is 12.7. The summed E-state index contributed by atoms with van der Waals surface area (Å²) in [4.78, 5) is 25.0. The molecule has 3 N–H and O–H groups in total. The summed E-state index contributed by atoms with van der Waals surface area (Å²) in [6.45, 7) is 0.892. The first kappa shape index (κ1) is 17.1. The van der Waals surface area contributed by atoms with Crippen molar-refractivity contribution in [1.29, 1.82) is 0 Å². The van der Waals surface area contributed by atoms with Gasteiger partial charge >= 0.3 is 0 Å². The van der Waals surface area contributed by atoms with Gasteiger partial charge < -0.3 is 16.0 Å². The predicted molar refractivity (Wildman–Crippen MR) is 88.8 cm³/mol. The molecule has 1 heterocycles. The number of carbonyl (C=O) groups is 2. The van der Waals surface area contributed by atoms with E-state index in [2.05, 4.69) is 5.32 Å². The highest BCUT2D eigenvalue weighted by Crippen LogP contribution is 2.22. The van der Waals surface area contributed by atoms with Crippen LogP contribution in [0, 0.1) is 5.82 Å². The number of hydrogen-bond donors (Lipinski definition) is 2. The van der Waals surface area contributed by atoms with Gasteiger partial charge in [-0.2, -0.15) is 0 Å². The molecule has 0 aliphatic carbocycles. The summed E-state index contributed by atoms with van der Waals surface area (Å²) in [7, 11) is 1.82. The smallest absolute Gasteiger partial charge is 0.251 e. The van der Waals surface area contributed by atoms with Gasteiger partial charge in [0.05, 0.1) is 5.56 Å². The Hall–Kier alpha value is -2.25. The molecule has 2 aromatic rings. The van der Waals surface area contributed by atoms with Gasteiger partial charge in [0.2, 0.25) is 5.91 Å². The van der Waals surface area contributed by atoms with Crippen LogP contribution in [0.3, 0.4) is 0 Å². The molecule has 1 aromatic carbocycles. The third kappa shape index (κ3) is 4.87. The maximum absolute atomic E-state index is 13.6. The number of anilines is 1. The minimum Gasteiger partial charge on any atom is -0.366 e. The molecule has 0 unspecified atom stereocenters. The number of carbonyl (C=O) groups excluding carboxylic acids is 2. The lowest BCUT2D eigenvalue weighted by Crippen LogP contribution is -2.24. The van der Waals surface area contributed by atoms with Gasteiger partial charge in [-0.3, -0.25) is 9.59 Å². The molecule has 0 bridgehead atoms. The van der Waals surface area contributed by atoms with E-state index in [1.165, 1.54) is 17.4 Å². The molecule has 0 fully saturated rings. The lowest BCUT2D eigenvalue weighted by molar-refractivity contribution is -0.116. The monoisotopic (exact) mass is 335 g/mol. The minimum atomic E-state index is -0.571. The van der Waals surface area contributed by atoms with Crippen LogP contribution in [0.4, 0.5) is 9.39 Å². The molecule has 23 heavy (non-hydrogen) atoms. The van der Waals surface area contributed by atoms with E-state index in [9.17, 15) is 14.0 Å². The lowest BCUT2D eigenvalue weighted by atomic mass is 10.2. The number of rotatable bonds is 7. The van der Waals surface area contributed by atoms with Gasteiger partial charge in [0.25, 0.3) is 5.91 Å². The largest absolute Gasteiger partial charge is 0.366 e. The Labute approximate surface area is 137 Å². The highest BCUT2D eigenvalue weighted by Gasteiger charge is 2.13. The Balaban J connectivity index is 1.83. The van der Waals surface area contributed by atoms with Crippen LogP contribution < -0.4 is 11.1 Å². The molecular formula is C16H18FN3O2S. The standard InChI is InChI=1S/C16H18FN3O2S/c1-20(10-11-4-2-3-5-13(11)17)8-6-14(21)19-16-12(15(18)22)7-9-23-16/h2-5,7,9H,6,8,10H2,1H3,(H2,18,22)(H,19,21). The number of primary amides is 1. The molecule has 1 aromatic heterocycles. The van der Waals surface area contributed by atoms with E-state index < -0.39 is 5.91 Å². The van der Waals surface area contributed by atoms with Crippen molar-refractivity contribution >= 4 is 28.2 Å². The molecule has 0 aliphatic rings. The zero-order valence-corrected chi connectivity index (χ0v) is 13.5. The summed E-state index contributed by atoms with van der Waals surface area (Å²) < 4.78 is 13.6. The number of nitrogens with zero attached hydrogens (tertiary/aromatic N) is 1. The summed E-state index contributed by atoms with van der Waals surface area (Å²) in [5, 5.41) is 4.83. The molecule has 0 atom stereocenters. The number of benzene rings is 1. The van der Waals surface area contributed by atoms with Crippen LogP contribution in [0.1, 0.15) is 22.3 Å². The Morgan fingerprint density at radius 3 is 2.74 bits per heavy atom. The topological polar surface area (TPSA) is 75.4 Å². The van der Waals surface area contributed by atoms with E-state index in [1.807, 2.05) is 11.9 Å². The first-order valence-corrected chi connectivity index (χ1v) is 7.94. The highest BCUT2D eigenvalue weighted by molar-refractivity contribution is 7.14. The van der Waals surface area contributed by atoms with Gasteiger partial charge in [-0.15, -0.1) is 11.3 Å². The quantitative estimate of drug-likeness (QED) is 0.816. The van der Waals surface area contributed by atoms with Crippen molar-refractivity contribution in [2.45, 2.75) is 13.0 Å². The second-order valence-corrected chi connectivity index (χ2v) is 6.07. The molecule has 122 valence electrons. The molecule has 0 radical (unpaired) electrons. The maximum atomic E-state index is 13.6.